The number of aryl methyl sites for hydroxylation is 2. The van der Waals surface area contributed by atoms with E-state index in [4.69, 9.17) is 9.72 Å². The second-order valence-electron chi connectivity index (χ2n) is 12.6. The number of carbonyl (C=O) groups is 1. The lowest BCUT2D eigenvalue weighted by atomic mass is 9.96. The fourth-order valence-corrected chi connectivity index (χ4v) is 7.23. The number of nitrogens with zero attached hydrogens (tertiary/aromatic N) is 6. The largest absolute Gasteiger partial charge is 0.443 e. The van der Waals surface area contributed by atoms with Crippen LogP contribution in [0.5, 0.6) is 0 Å². The highest BCUT2D eigenvalue weighted by Crippen LogP contribution is 2.56. The summed E-state index contributed by atoms with van der Waals surface area (Å²) in [5, 5.41) is 9.01. The van der Waals surface area contributed by atoms with Gasteiger partial charge in [0.15, 0.2) is 5.82 Å². The number of ether oxygens (including phenoxy) is 1. The van der Waals surface area contributed by atoms with Crippen LogP contribution in [0.4, 0.5) is 10.6 Å². The number of anilines is 1. The molecule has 5 aromatic rings. The first-order chi connectivity index (χ1) is 20.4. The van der Waals surface area contributed by atoms with Gasteiger partial charge in [0.1, 0.15) is 17.7 Å². The van der Waals surface area contributed by atoms with E-state index in [-0.39, 0.29) is 10.3 Å². The van der Waals surface area contributed by atoms with Crippen LogP contribution in [-0.4, -0.2) is 50.4 Å². The van der Waals surface area contributed by atoms with E-state index in [9.17, 15) is 13.2 Å². The van der Waals surface area contributed by atoms with Crippen LogP contribution in [0.2, 0.25) is 0 Å². The van der Waals surface area contributed by atoms with Crippen LogP contribution in [0.15, 0.2) is 72.1 Å². The van der Waals surface area contributed by atoms with Crippen molar-refractivity contribution in [3.05, 3.63) is 78.4 Å². The standard InChI is InChI=1S/C32H32N6O4S/c1-20-6-9-23(10-7-20)43(40,41)38-17-25(24-14-21(8-11-27(24)38)28-35-34-19-36(28)5)22-15-26-29(33-16-22)37(18-32(26)12-13-32)30(39)42-31(2,3)4/h6-11,14-17,19H,12-13,18H2,1-5H3. The highest BCUT2D eigenvalue weighted by atomic mass is 32.2. The molecule has 1 spiro atoms. The molecule has 0 radical (unpaired) electrons. The highest BCUT2D eigenvalue weighted by molar-refractivity contribution is 7.90. The smallest absolute Gasteiger partial charge is 0.416 e. The Morgan fingerprint density at radius 3 is 2.42 bits per heavy atom. The van der Waals surface area contributed by atoms with Crippen molar-refractivity contribution in [3.63, 3.8) is 0 Å². The molecule has 43 heavy (non-hydrogen) atoms. The van der Waals surface area contributed by atoms with Crippen molar-refractivity contribution in [1.82, 2.24) is 23.7 Å². The molecule has 7 rings (SSSR count). The molecule has 11 heteroatoms. The Hall–Kier alpha value is -4.51. The molecule has 1 aliphatic heterocycles. The molecule has 220 valence electrons. The van der Waals surface area contributed by atoms with Gasteiger partial charge >= 0.3 is 6.09 Å². The fraction of sp³-hybridized carbons (Fsp3) is 0.312. The summed E-state index contributed by atoms with van der Waals surface area (Å²) in [5.41, 5.74) is 4.02. The summed E-state index contributed by atoms with van der Waals surface area (Å²) < 4.78 is 36.8. The maximum atomic E-state index is 14.0. The SMILES string of the molecule is Cc1ccc(S(=O)(=O)n2cc(-c3cnc4c(c3)C3(CC3)CN4C(=O)OC(C)(C)C)c3cc(-c4nncn4C)ccc32)cc1. The van der Waals surface area contributed by atoms with Gasteiger partial charge in [0.05, 0.1) is 10.4 Å². The maximum Gasteiger partial charge on any atom is 0.416 e. The van der Waals surface area contributed by atoms with E-state index in [0.717, 1.165) is 46.0 Å². The molecule has 10 nitrogen and oxygen atoms in total. The minimum absolute atomic E-state index is 0.161. The van der Waals surface area contributed by atoms with Crippen LogP contribution in [0, 0.1) is 6.92 Å². The van der Waals surface area contributed by atoms with Gasteiger partial charge in [-0.15, -0.1) is 10.2 Å². The molecule has 1 fully saturated rings. The minimum Gasteiger partial charge on any atom is -0.443 e. The zero-order valence-electron chi connectivity index (χ0n) is 24.7. The Bertz CT molecular complexity index is 2030. The van der Waals surface area contributed by atoms with Crippen LogP contribution in [0.25, 0.3) is 33.4 Å². The van der Waals surface area contributed by atoms with Gasteiger partial charge in [-0.3, -0.25) is 4.90 Å². The molecule has 4 heterocycles. The number of benzene rings is 2. The van der Waals surface area contributed by atoms with Crippen LogP contribution in [0.3, 0.4) is 0 Å². The van der Waals surface area contributed by atoms with E-state index in [2.05, 4.69) is 16.3 Å². The molecule has 0 atom stereocenters. The van der Waals surface area contributed by atoms with E-state index in [0.29, 0.717) is 23.7 Å². The second-order valence-corrected chi connectivity index (χ2v) is 14.4. The number of amides is 1. The van der Waals surface area contributed by atoms with Crippen molar-refractivity contribution < 1.29 is 17.9 Å². The van der Waals surface area contributed by atoms with Crippen molar-refractivity contribution in [2.45, 2.75) is 56.4 Å². The molecule has 1 saturated carbocycles. The molecule has 1 amide bonds. The van der Waals surface area contributed by atoms with Crippen LogP contribution < -0.4 is 4.90 Å². The first kappa shape index (κ1) is 27.3. The third-order valence-electron chi connectivity index (χ3n) is 8.25. The molecular weight excluding hydrogens is 564 g/mol. The van der Waals surface area contributed by atoms with Gasteiger partial charge in [0.25, 0.3) is 10.0 Å². The van der Waals surface area contributed by atoms with Gasteiger partial charge < -0.3 is 9.30 Å². The van der Waals surface area contributed by atoms with Crippen molar-refractivity contribution in [2.24, 2.45) is 7.05 Å². The fourth-order valence-electron chi connectivity index (χ4n) is 5.86. The topological polar surface area (TPSA) is 112 Å². The van der Waals surface area contributed by atoms with E-state index in [1.54, 1.807) is 47.9 Å². The monoisotopic (exact) mass is 596 g/mol. The highest BCUT2D eigenvalue weighted by Gasteiger charge is 2.54. The zero-order chi connectivity index (χ0) is 30.3. The summed E-state index contributed by atoms with van der Waals surface area (Å²) >= 11 is 0. The Balaban J connectivity index is 1.40. The van der Waals surface area contributed by atoms with Crippen molar-refractivity contribution in [1.29, 1.82) is 0 Å². The predicted molar refractivity (Wildman–Crippen MR) is 163 cm³/mol. The molecule has 2 aliphatic rings. The molecule has 1 aliphatic carbocycles. The third-order valence-corrected chi connectivity index (χ3v) is 9.94. The van der Waals surface area contributed by atoms with E-state index >= 15 is 0 Å². The number of fused-ring (bicyclic) bond motifs is 3. The number of hydrogen-bond donors (Lipinski definition) is 0. The summed E-state index contributed by atoms with van der Waals surface area (Å²) in [7, 11) is -2.05. The average molecular weight is 597 g/mol. The van der Waals surface area contributed by atoms with Crippen LogP contribution >= 0.6 is 0 Å². The lowest BCUT2D eigenvalue weighted by Gasteiger charge is -2.24. The van der Waals surface area contributed by atoms with Crippen molar-refractivity contribution in [2.75, 3.05) is 11.4 Å². The summed E-state index contributed by atoms with van der Waals surface area (Å²) in [6.45, 7) is 7.99. The zero-order valence-corrected chi connectivity index (χ0v) is 25.5. The van der Waals surface area contributed by atoms with Gasteiger partial charge in [-0.2, -0.15) is 0 Å². The lowest BCUT2D eigenvalue weighted by Crippen LogP contribution is -2.37. The van der Waals surface area contributed by atoms with Gasteiger partial charge in [0, 0.05) is 59.0 Å². The van der Waals surface area contributed by atoms with E-state index < -0.39 is 21.7 Å². The molecule has 0 unspecified atom stereocenters. The third kappa shape index (κ3) is 4.50. The summed E-state index contributed by atoms with van der Waals surface area (Å²) in [6, 6.07) is 14.5. The summed E-state index contributed by atoms with van der Waals surface area (Å²) in [4.78, 5) is 19.7. The Morgan fingerprint density at radius 2 is 1.77 bits per heavy atom. The van der Waals surface area contributed by atoms with Crippen molar-refractivity contribution >= 4 is 32.8 Å². The van der Waals surface area contributed by atoms with Gasteiger partial charge in [-0.05, 0) is 76.9 Å². The van der Waals surface area contributed by atoms with Crippen LogP contribution in [-0.2, 0) is 27.2 Å². The summed E-state index contributed by atoms with van der Waals surface area (Å²) in [5.74, 6) is 1.27. The lowest BCUT2D eigenvalue weighted by molar-refractivity contribution is 0.0580. The Morgan fingerprint density at radius 1 is 1.02 bits per heavy atom. The predicted octanol–water partition coefficient (Wildman–Crippen LogP) is 5.83. The second kappa shape index (κ2) is 9.24. The number of pyridine rings is 1. The first-order valence-electron chi connectivity index (χ1n) is 14.2. The molecule has 3 aromatic heterocycles. The molecule has 0 bridgehead atoms. The average Bonchev–Trinajstić information content (AvgIpc) is 3.27. The van der Waals surface area contributed by atoms with Gasteiger partial charge in [-0.25, -0.2) is 22.2 Å². The van der Waals surface area contributed by atoms with Crippen molar-refractivity contribution in [3.8, 4) is 22.5 Å². The van der Waals surface area contributed by atoms with Gasteiger partial charge in [0.2, 0.25) is 0 Å². The Kier molecular flexibility index (Phi) is 5.87. The summed E-state index contributed by atoms with van der Waals surface area (Å²) in [6.07, 6.45) is 6.50. The first-order valence-corrected chi connectivity index (χ1v) is 15.6. The maximum absolute atomic E-state index is 14.0. The molecule has 2 aromatic carbocycles. The molecule has 0 N–H and O–H groups in total. The quantitative estimate of drug-likeness (QED) is 0.257. The number of hydrogen-bond acceptors (Lipinski definition) is 7. The molecular formula is C32H32N6O4S. The van der Waals surface area contributed by atoms with E-state index in [1.165, 1.54) is 3.97 Å². The van der Waals surface area contributed by atoms with Crippen LogP contribution in [0.1, 0.15) is 44.7 Å². The van der Waals surface area contributed by atoms with Gasteiger partial charge in [-0.1, -0.05) is 17.7 Å². The Labute approximate surface area is 250 Å². The molecule has 0 saturated heterocycles. The number of aromatic nitrogens is 5. The minimum atomic E-state index is -3.91. The normalized spacial score (nSPS) is 15.7. The number of carbonyl (C=O) groups excluding carboxylic acids is 1. The number of rotatable bonds is 4. The van der Waals surface area contributed by atoms with E-state index in [1.807, 2.05) is 57.5 Å².